The Bertz CT molecular complexity index is 930. The molecule has 0 fully saturated rings. The molecule has 3 aromatic rings. The molecule has 0 N–H and O–H groups in total. The molecule has 0 radical (unpaired) electrons. The van der Waals surface area contributed by atoms with Crippen molar-refractivity contribution in [3.63, 3.8) is 0 Å². The van der Waals surface area contributed by atoms with E-state index in [1.807, 2.05) is 53.4 Å². The normalized spacial score (nSPS) is 14.9. The minimum atomic E-state index is -0.725. The van der Waals surface area contributed by atoms with Crippen LogP contribution >= 0.6 is 0 Å². The van der Waals surface area contributed by atoms with Crippen molar-refractivity contribution in [2.24, 2.45) is 0 Å². The monoisotopic (exact) mass is 373 g/mol. The largest absolute Gasteiger partial charge is 0.493 e. The van der Waals surface area contributed by atoms with Crippen LogP contribution in [0.4, 0.5) is 0 Å². The number of carbonyl (C=O) groups is 1. The molecule has 4 rings (SSSR count). The first-order valence-electron chi connectivity index (χ1n) is 9.34. The first-order valence-corrected chi connectivity index (χ1v) is 9.34. The molecule has 142 valence electrons. The fourth-order valence-corrected chi connectivity index (χ4v) is 4.33. The number of ether oxygens (including phenoxy) is 2. The van der Waals surface area contributed by atoms with Crippen LogP contribution in [0.1, 0.15) is 22.3 Å². The van der Waals surface area contributed by atoms with Gasteiger partial charge in [0.2, 0.25) is 6.41 Å². The van der Waals surface area contributed by atoms with Gasteiger partial charge in [-0.25, -0.2) is 0 Å². The van der Waals surface area contributed by atoms with E-state index < -0.39 is 5.54 Å². The Morgan fingerprint density at radius 1 is 0.857 bits per heavy atom. The lowest BCUT2D eigenvalue weighted by Crippen LogP contribution is -2.51. The Balaban J connectivity index is 2.11. The van der Waals surface area contributed by atoms with Crippen molar-refractivity contribution in [2.45, 2.75) is 12.0 Å². The summed E-state index contributed by atoms with van der Waals surface area (Å²) in [6.07, 6.45) is 1.72. The first-order chi connectivity index (χ1) is 13.7. The third-order valence-electron chi connectivity index (χ3n) is 5.56. The number of methoxy groups -OCH3 is 2. The van der Waals surface area contributed by atoms with Gasteiger partial charge in [0.05, 0.1) is 14.2 Å². The number of amides is 1. The van der Waals surface area contributed by atoms with Crippen LogP contribution in [-0.2, 0) is 16.8 Å². The standard InChI is InChI=1S/C24H23NO3/c1-27-22-15-18-13-14-25(17-26)24(19-9-5-3-6-10-19,20-11-7-4-8-12-20)21(18)16-23(22)28-2/h3-12,15-17H,13-14H2,1-2H3. The first kappa shape index (κ1) is 18.1. The maximum absolute atomic E-state index is 12.3. The second-order valence-corrected chi connectivity index (χ2v) is 6.86. The zero-order chi connectivity index (χ0) is 19.6. The molecule has 0 atom stereocenters. The van der Waals surface area contributed by atoms with Crippen LogP contribution in [-0.4, -0.2) is 32.1 Å². The SMILES string of the molecule is COc1cc2c(cc1OC)C(c1ccccc1)(c1ccccc1)N(C=O)CC2. The highest BCUT2D eigenvalue weighted by atomic mass is 16.5. The molecule has 0 bridgehead atoms. The smallest absolute Gasteiger partial charge is 0.210 e. The van der Waals surface area contributed by atoms with Crippen molar-refractivity contribution < 1.29 is 14.3 Å². The Morgan fingerprint density at radius 3 is 1.89 bits per heavy atom. The topological polar surface area (TPSA) is 38.8 Å². The van der Waals surface area contributed by atoms with E-state index in [1.165, 1.54) is 0 Å². The number of rotatable bonds is 5. The molecule has 1 heterocycles. The number of hydrogen-bond donors (Lipinski definition) is 0. The molecule has 3 aromatic carbocycles. The summed E-state index contributed by atoms with van der Waals surface area (Å²) in [6, 6.07) is 24.4. The highest BCUT2D eigenvalue weighted by Gasteiger charge is 2.46. The molecule has 0 saturated carbocycles. The average molecular weight is 373 g/mol. The van der Waals surface area contributed by atoms with Gasteiger partial charge in [-0.05, 0) is 40.8 Å². The molecule has 1 aliphatic rings. The van der Waals surface area contributed by atoms with Crippen LogP contribution in [0.5, 0.6) is 11.5 Å². The number of carbonyl (C=O) groups excluding carboxylic acids is 1. The van der Waals surface area contributed by atoms with E-state index in [9.17, 15) is 4.79 Å². The fourth-order valence-electron chi connectivity index (χ4n) is 4.33. The van der Waals surface area contributed by atoms with Gasteiger partial charge in [-0.15, -0.1) is 0 Å². The van der Waals surface area contributed by atoms with Crippen molar-refractivity contribution in [1.29, 1.82) is 0 Å². The van der Waals surface area contributed by atoms with Gasteiger partial charge in [0.15, 0.2) is 11.5 Å². The predicted octanol–water partition coefficient (Wildman–Crippen LogP) is 4.01. The second-order valence-electron chi connectivity index (χ2n) is 6.86. The van der Waals surface area contributed by atoms with Gasteiger partial charge in [0.25, 0.3) is 0 Å². The second kappa shape index (κ2) is 7.39. The highest BCUT2D eigenvalue weighted by molar-refractivity contribution is 5.65. The third-order valence-corrected chi connectivity index (χ3v) is 5.56. The number of benzene rings is 3. The van der Waals surface area contributed by atoms with Gasteiger partial charge < -0.3 is 14.4 Å². The van der Waals surface area contributed by atoms with E-state index in [4.69, 9.17) is 9.47 Å². The van der Waals surface area contributed by atoms with Crippen LogP contribution in [0.25, 0.3) is 0 Å². The van der Waals surface area contributed by atoms with Gasteiger partial charge in [0.1, 0.15) is 5.54 Å². The molecule has 4 nitrogen and oxygen atoms in total. The van der Waals surface area contributed by atoms with Gasteiger partial charge in [-0.2, -0.15) is 0 Å². The third kappa shape index (κ3) is 2.64. The van der Waals surface area contributed by atoms with Gasteiger partial charge in [-0.3, -0.25) is 4.79 Å². The molecule has 1 aliphatic heterocycles. The van der Waals surface area contributed by atoms with Crippen LogP contribution in [0, 0.1) is 0 Å². The molecule has 4 heteroatoms. The zero-order valence-corrected chi connectivity index (χ0v) is 16.1. The fraction of sp³-hybridized carbons (Fsp3) is 0.208. The molecule has 0 aliphatic carbocycles. The lowest BCUT2D eigenvalue weighted by atomic mass is 9.71. The summed E-state index contributed by atoms with van der Waals surface area (Å²) < 4.78 is 11.1. The minimum absolute atomic E-state index is 0.621. The molecule has 28 heavy (non-hydrogen) atoms. The summed E-state index contributed by atoms with van der Waals surface area (Å²) >= 11 is 0. The molecular weight excluding hydrogens is 350 g/mol. The number of hydrogen-bond acceptors (Lipinski definition) is 3. The van der Waals surface area contributed by atoms with Crippen molar-refractivity contribution in [1.82, 2.24) is 4.90 Å². The van der Waals surface area contributed by atoms with Crippen LogP contribution < -0.4 is 9.47 Å². The van der Waals surface area contributed by atoms with Crippen molar-refractivity contribution >= 4 is 6.41 Å². The molecule has 0 spiro atoms. The van der Waals surface area contributed by atoms with Gasteiger partial charge >= 0.3 is 0 Å². The van der Waals surface area contributed by atoms with E-state index in [0.29, 0.717) is 18.0 Å². The van der Waals surface area contributed by atoms with E-state index in [2.05, 4.69) is 24.3 Å². The summed E-state index contributed by atoms with van der Waals surface area (Å²) in [7, 11) is 3.28. The van der Waals surface area contributed by atoms with E-state index in [-0.39, 0.29) is 0 Å². The molecule has 0 saturated heterocycles. The number of fused-ring (bicyclic) bond motifs is 1. The maximum Gasteiger partial charge on any atom is 0.210 e. The van der Waals surface area contributed by atoms with E-state index in [1.54, 1.807) is 14.2 Å². The Morgan fingerprint density at radius 2 is 1.39 bits per heavy atom. The van der Waals surface area contributed by atoms with Crippen LogP contribution in [0.15, 0.2) is 72.8 Å². The van der Waals surface area contributed by atoms with Crippen molar-refractivity contribution in [3.8, 4) is 11.5 Å². The van der Waals surface area contributed by atoms with Crippen LogP contribution in [0.2, 0.25) is 0 Å². The molecule has 1 amide bonds. The molecule has 0 aromatic heterocycles. The molecule has 0 unspecified atom stereocenters. The summed E-state index contributed by atoms with van der Waals surface area (Å²) in [5, 5.41) is 0. The molecular formula is C24H23NO3. The quantitative estimate of drug-likeness (QED) is 0.635. The number of nitrogens with zero attached hydrogens (tertiary/aromatic N) is 1. The minimum Gasteiger partial charge on any atom is -0.493 e. The van der Waals surface area contributed by atoms with Crippen molar-refractivity contribution in [2.75, 3.05) is 20.8 Å². The Hall–Kier alpha value is -3.27. The maximum atomic E-state index is 12.3. The highest BCUT2D eigenvalue weighted by Crippen LogP contribution is 2.48. The average Bonchev–Trinajstić information content (AvgIpc) is 2.78. The lowest BCUT2D eigenvalue weighted by Gasteiger charge is -2.47. The van der Waals surface area contributed by atoms with E-state index in [0.717, 1.165) is 35.1 Å². The summed E-state index contributed by atoms with van der Waals surface area (Å²) in [5.74, 6) is 1.36. The van der Waals surface area contributed by atoms with Gasteiger partial charge in [0, 0.05) is 6.54 Å². The summed E-state index contributed by atoms with van der Waals surface area (Å²) in [4.78, 5) is 14.2. The summed E-state index contributed by atoms with van der Waals surface area (Å²) in [5.41, 5.74) is 3.56. The van der Waals surface area contributed by atoms with Crippen LogP contribution in [0.3, 0.4) is 0 Å². The van der Waals surface area contributed by atoms with E-state index >= 15 is 0 Å². The Kier molecular flexibility index (Phi) is 4.78. The Labute approximate surface area is 165 Å². The van der Waals surface area contributed by atoms with Gasteiger partial charge in [-0.1, -0.05) is 60.7 Å². The lowest BCUT2D eigenvalue weighted by molar-refractivity contribution is -0.122. The van der Waals surface area contributed by atoms with Crippen molar-refractivity contribution in [3.05, 3.63) is 95.1 Å². The zero-order valence-electron chi connectivity index (χ0n) is 16.1. The predicted molar refractivity (Wildman–Crippen MR) is 109 cm³/mol. The summed E-state index contributed by atoms with van der Waals surface area (Å²) in [6.45, 7) is 0.621.